The Morgan fingerprint density at radius 2 is 1.89 bits per heavy atom. The molecule has 0 aliphatic rings. The SMILES string of the molecule is CC(C)(C)NCc1nnc(-c2ccc(C#N)cc2)o1. The molecule has 0 radical (unpaired) electrons. The molecule has 0 atom stereocenters. The van der Waals surface area contributed by atoms with Crippen molar-refractivity contribution in [2.45, 2.75) is 32.9 Å². The average molecular weight is 256 g/mol. The van der Waals surface area contributed by atoms with Crippen molar-refractivity contribution in [2.24, 2.45) is 0 Å². The molecule has 1 N–H and O–H groups in total. The van der Waals surface area contributed by atoms with Gasteiger partial charge < -0.3 is 9.73 Å². The maximum atomic E-state index is 8.74. The zero-order chi connectivity index (χ0) is 13.9. The van der Waals surface area contributed by atoms with E-state index in [1.54, 1.807) is 24.3 Å². The first-order valence-corrected chi connectivity index (χ1v) is 6.06. The lowest BCUT2D eigenvalue weighted by molar-refractivity contribution is 0.383. The van der Waals surface area contributed by atoms with Crippen LogP contribution in [0.25, 0.3) is 11.5 Å². The van der Waals surface area contributed by atoms with Crippen molar-refractivity contribution in [1.29, 1.82) is 5.26 Å². The van der Waals surface area contributed by atoms with E-state index in [2.05, 4.69) is 42.4 Å². The van der Waals surface area contributed by atoms with Crippen molar-refractivity contribution < 1.29 is 4.42 Å². The molecule has 0 amide bonds. The maximum Gasteiger partial charge on any atom is 0.247 e. The first kappa shape index (κ1) is 13.2. The standard InChI is InChI=1S/C14H16N4O/c1-14(2,3)16-9-12-17-18-13(19-12)11-6-4-10(8-15)5-7-11/h4-7,16H,9H2,1-3H3. The van der Waals surface area contributed by atoms with Crippen molar-refractivity contribution in [2.75, 3.05) is 0 Å². The van der Waals surface area contributed by atoms with E-state index in [1.807, 2.05) is 0 Å². The van der Waals surface area contributed by atoms with Crippen molar-refractivity contribution in [3.05, 3.63) is 35.7 Å². The van der Waals surface area contributed by atoms with Crippen molar-refractivity contribution in [3.63, 3.8) is 0 Å². The van der Waals surface area contributed by atoms with E-state index < -0.39 is 0 Å². The monoisotopic (exact) mass is 256 g/mol. The lowest BCUT2D eigenvalue weighted by atomic mass is 10.1. The Morgan fingerprint density at radius 3 is 2.47 bits per heavy atom. The van der Waals surface area contributed by atoms with E-state index in [9.17, 15) is 0 Å². The predicted molar refractivity (Wildman–Crippen MR) is 71.0 cm³/mol. The zero-order valence-corrected chi connectivity index (χ0v) is 11.3. The minimum absolute atomic E-state index is 0.00305. The topological polar surface area (TPSA) is 74.7 Å². The molecule has 5 heteroatoms. The maximum absolute atomic E-state index is 8.74. The highest BCUT2D eigenvalue weighted by Gasteiger charge is 2.12. The van der Waals surface area contributed by atoms with Gasteiger partial charge in [-0.05, 0) is 45.0 Å². The average Bonchev–Trinajstić information content (AvgIpc) is 2.84. The minimum atomic E-state index is 0.00305. The van der Waals surface area contributed by atoms with Gasteiger partial charge in [-0.15, -0.1) is 10.2 Å². The highest BCUT2D eigenvalue weighted by molar-refractivity contribution is 5.54. The highest BCUT2D eigenvalue weighted by atomic mass is 16.4. The van der Waals surface area contributed by atoms with E-state index in [4.69, 9.17) is 9.68 Å². The van der Waals surface area contributed by atoms with Gasteiger partial charge in [-0.2, -0.15) is 5.26 Å². The summed E-state index contributed by atoms with van der Waals surface area (Å²) < 4.78 is 5.57. The van der Waals surface area contributed by atoms with Crippen LogP contribution in [-0.4, -0.2) is 15.7 Å². The van der Waals surface area contributed by atoms with Crippen molar-refractivity contribution in [1.82, 2.24) is 15.5 Å². The van der Waals surface area contributed by atoms with E-state index >= 15 is 0 Å². The molecule has 2 rings (SSSR count). The molecular weight excluding hydrogens is 240 g/mol. The van der Waals surface area contributed by atoms with Crippen molar-refractivity contribution in [3.8, 4) is 17.5 Å². The minimum Gasteiger partial charge on any atom is -0.419 e. The van der Waals surface area contributed by atoms with E-state index in [0.717, 1.165) is 5.56 Å². The lowest BCUT2D eigenvalue weighted by Crippen LogP contribution is -2.35. The molecule has 0 aliphatic heterocycles. The van der Waals surface area contributed by atoms with Gasteiger partial charge in [0.05, 0.1) is 18.2 Å². The summed E-state index contributed by atoms with van der Waals surface area (Å²) in [6.07, 6.45) is 0. The fourth-order valence-electron chi connectivity index (χ4n) is 1.47. The fraction of sp³-hybridized carbons (Fsp3) is 0.357. The zero-order valence-electron chi connectivity index (χ0n) is 11.3. The van der Waals surface area contributed by atoms with Crippen LogP contribution < -0.4 is 5.32 Å². The summed E-state index contributed by atoms with van der Waals surface area (Å²) in [5.41, 5.74) is 1.43. The number of hydrogen-bond acceptors (Lipinski definition) is 5. The van der Waals surface area contributed by atoms with Crippen LogP contribution >= 0.6 is 0 Å². The number of rotatable bonds is 3. The Labute approximate surface area is 112 Å². The molecule has 0 aliphatic carbocycles. The van der Waals surface area contributed by atoms with Crippen LogP contribution in [0.3, 0.4) is 0 Å². The number of aromatic nitrogens is 2. The fourth-order valence-corrected chi connectivity index (χ4v) is 1.47. The number of nitrogens with zero attached hydrogens (tertiary/aromatic N) is 3. The van der Waals surface area contributed by atoms with Gasteiger partial charge in [-0.1, -0.05) is 0 Å². The highest BCUT2D eigenvalue weighted by Crippen LogP contribution is 2.18. The van der Waals surface area contributed by atoms with Crippen LogP contribution in [0.15, 0.2) is 28.7 Å². The van der Waals surface area contributed by atoms with Crippen LogP contribution in [0.4, 0.5) is 0 Å². The van der Waals surface area contributed by atoms with Gasteiger partial charge in [0.1, 0.15) is 0 Å². The Balaban J connectivity index is 2.10. The van der Waals surface area contributed by atoms with Crippen LogP contribution in [0.2, 0.25) is 0 Å². The van der Waals surface area contributed by atoms with Crippen LogP contribution in [0.1, 0.15) is 32.2 Å². The van der Waals surface area contributed by atoms with Gasteiger partial charge in [0.2, 0.25) is 11.8 Å². The second kappa shape index (κ2) is 5.21. The third-order valence-electron chi connectivity index (χ3n) is 2.50. The lowest BCUT2D eigenvalue weighted by Gasteiger charge is -2.18. The quantitative estimate of drug-likeness (QED) is 0.913. The largest absolute Gasteiger partial charge is 0.419 e. The molecule has 0 spiro atoms. The summed E-state index contributed by atoms with van der Waals surface area (Å²) in [5, 5.41) is 20.0. The molecule has 1 aromatic heterocycles. The van der Waals surface area contributed by atoms with E-state index in [1.165, 1.54) is 0 Å². The second-order valence-electron chi connectivity index (χ2n) is 5.29. The summed E-state index contributed by atoms with van der Waals surface area (Å²) in [7, 11) is 0. The Morgan fingerprint density at radius 1 is 1.21 bits per heavy atom. The molecule has 0 fully saturated rings. The Bertz CT molecular complexity index is 587. The molecule has 0 bridgehead atoms. The molecule has 5 nitrogen and oxygen atoms in total. The van der Waals surface area contributed by atoms with Gasteiger partial charge in [0.25, 0.3) is 0 Å². The summed E-state index contributed by atoms with van der Waals surface area (Å²) in [5.74, 6) is 1.02. The molecular formula is C14H16N4O. The first-order valence-electron chi connectivity index (χ1n) is 6.06. The Kier molecular flexibility index (Phi) is 3.63. The summed E-state index contributed by atoms with van der Waals surface area (Å²) in [4.78, 5) is 0. The molecule has 1 heterocycles. The second-order valence-corrected chi connectivity index (χ2v) is 5.29. The summed E-state index contributed by atoms with van der Waals surface area (Å²) in [6.45, 7) is 6.76. The molecule has 0 unspecified atom stereocenters. The molecule has 19 heavy (non-hydrogen) atoms. The van der Waals surface area contributed by atoms with Gasteiger partial charge in [0.15, 0.2) is 0 Å². The third kappa shape index (κ3) is 3.63. The van der Waals surface area contributed by atoms with Crippen LogP contribution in [0, 0.1) is 11.3 Å². The van der Waals surface area contributed by atoms with Crippen LogP contribution in [0.5, 0.6) is 0 Å². The molecule has 0 saturated heterocycles. The smallest absolute Gasteiger partial charge is 0.247 e. The predicted octanol–water partition coefficient (Wildman–Crippen LogP) is 2.50. The van der Waals surface area contributed by atoms with Gasteiger partial charge in [0, 0.05) is 11.1 Å². The Hall–Kier alpha value is -2.19. The van der Waals surface area contributed by atoms with E-state index in [-0.39, 0.29) is 5.54 Å². The first-order chi connectivity index (χ1) is 8.98. The number of hydrogen-bond donors (Lipinski definition) is 1. The number of benzene rings is 1. The van der Waals surface area contributed by atoms with Gasteiger partial charge >= 0.3 is 0 Å². The van der Waals surface area contributed by atoms with Gasteiger partial charge in [-0.3, -0.25) is 0 Å². The summed E-state index contributed by atoms with van der Waals surface area (Å²) in [6, 6.07) is 9.13. The number of nitrogens with one attached hydrogen (secondary N) is 1. The molecule has 0 saturated carbocycles. The molecule has 1 aromatic carbocycles. The van der Waals surface area contributed by atoms with Crippen LogP contribution in [-0.2, 0) is 6.54 Å². The van der Waals surface area contributed by atoms with E-state index in [0.29, 0.717) is 23.9 Å². The van der Waals surface area contributed by atoms with Gasteiger partial charge in [-0.25, -0.2) is 0 Å². The normalized spacial score (nSPS) is 11.3. The third-order valence-corrected chi connectivity index (χ3v) is 2.50. The molecule has 98 valence electrons. The molecule has 2 aromatic rings. The number of nitriles is 1. The van der Waals surface area contributed by atoms with Crippen molar-refractivity contribution >= 4 is 0 Å². The summed E-state index contributed by atoms with van der Waals surface area (Å²) >= 11 is 0.